The van der Waals surface area contributed by atoms with Crippen molar-refractivity contribution in [3.63, 3.8) is 0 Å². The van der Waals surface area contributed by atoms with E-state index in [0.29, 0.717) is 12.2 Å². The maximum atomic E-state index is 11.4. The molecular weight excluding hydrogens is 294 g/mol. The van der Waals surface area contributed by atoms with Crippen LogP contribution in [-0.4, -0.2) is 26.2 Å². The SMILES string of the molecule is Cc1nc(CCNc2ccc(S(C)(=O)=O)cc2N)cs1. The van der Waals surface area contributed by atoms with Crippen LogP contribution in [-0.2, 0) is 16.3 Å². The molecule has 3 N–H and O–H groups in total. The van der Waals surface area contributed by atoms with E-state index in [9.17, 15) is 8.42 Å². The number of nitrogen functional groups attached to an aromatic ring is 1. The van der Waals surface area contributed by atoms with Crippen molar-refractivity contribution in [1.82, 2.24) is 4.98 Å². The highest BCUT2D eigenvalue weighted by atomic mass is 32.2. The average Bonchev–Trinajstić information content (AvgIpc) is 2.76. The fourth-order valence-corrected chi connectivity index (χ4v) is 3.08. The molecule has 108 valence electrons. The van der Waals surface area contributed by atoms with Crippen molar-refractivity contribution in [2.45, 2.75) is 18.2 Å². The van der Waals surface area contributed by atoms with Crippen molar-refractivity contribution < 1.29 is 8.42 Å². The summed E-state index contributed by atoms with van der Waals surface area (Å²) < 4.78 is 22.8. The molecule has 0 saturated heterocycles. The van der Waals surface area contributed by atoms with Gasteiger partial charge in [-0.1, -0.05) is 0 Å². The summed E-state index contributed by atoms with van der Waals surface area (Å²) in [6.07, 6.45) is 1.97. The molecule has 1 aromatic heterocycles. The van der Waals surface area contributed by atoms with E-state index in [2.05, 4.69) is 10.3 Å². The Labute approximate surface area is 122 Å². The number of hydrogen-bond donors (Lipinski definition) is 2. The third-order valence-electron chi connectivity index (χ3n) is 2.81. The summed E-state index contributed by atoms with van der Waals surface area (Å²) in [5.41, 5.74) is 8.08. The average molecular weight is 311 g/mol. The molecule has 0 bridgehead atoms. The maximum absolute atomic E-state index is 11.4. The second kappa shape index (κ2) is 5.80. The van der Waals surface area contributed by atoms with Crippen LogP contribution in [0.15, 0.2) is 28.5 Å². The fourth-order valence-electron chi connectivity index (χ4n) is 1.78. The summed E-state index contributed by atoms with van der Waals surface area (Å²) >= 11 is 1.63. The van der Waals surface area contributed by atoms with Crippen molar-refractivity contribution in [3.8, 4) is 0 Å². The van der Waals surface area contributed by atoms with E-state index in [0.717, 1.165) is 22.8 Å². The second-order valence-corrected chi connectivity index (χ2v) is 7.63. The monoisotopic (exact) mass is 311 g/mol. The van der Waals surface area contributed by atoms with Crippen LogP contribution >= 0.6 is 11.3 Å². The zero-order valence-corrected chi connectivity index (χ0v) is 13.0. The van der Waals surface area contributed by atoms with E-state index in [4.69, 9.17) is 5.73 Å². The van der Waals surface area contributed by atoms with E-state index in [1.165, 1.54) is 12.3 Å². The lowest BCUT2D eigenvalue weighted by Crippen LogP contribution is -2.08. The first-order valence-corrected chi connectivity index (χ1v) is 8.88. The third-order valence-corrected chi connectivity index (χ3v) is 4.75. The summed E-state index contributed by atoms with van der Waals surface area (Å²) in [7, 11) is -3.22. The number of nitrogens with one attached hydrogen (secondary N) is 1. The lowest BCUT2D eigenvalue weighted by Gasteiger charge is -2.09. The molecule has 0 aliphatic carbocycles. The number of nitrogens with two attached hydrogens (primary N) is 1. The Balaban J connectivity index is 2.00. The van der Waals surface area contributed by atoms with Crippen LogP contribution < -0.4 is 11.1 Å². The van der Waals surface area contributed by atoms with E-state index >= 15 is 0 Å². The number of anilines is 2. The molecule has 1 aromatic carbocycles. The first kappa shape index (κ1) is 14.8. The minimum Gasteiger partial charge on any atom is -0.397 e. The maximum Gasteiger partial charge on any atom is 0.175 e. The quantitative estimate of drug-likeness (QED) is 0.826. The van der Waals surface area contributed by atoms with E-state index in [1.54, 1.807) is 23.5 Å². The van der Waals surface area contributed by atoms with Crippen LogP contribution in [0.3, 0.4) is 0 Å². The summed E-state index contributed by atoms with van der Waals surface area (Å²) in [6.45, 7) is 2.68. The largest absolute Gasteiger partial charge is 0.397 e. The van der Waals surface area contributed by atoms with E-state index < -0.39 is 9.84 Å². The zero-order chi connectivity index (χ0) is 14.8. The second-order valence-electron chi connectivity index (χ2n) is 4.56. The van der Waals surface area contributed by atoms with Gasteiger partial charge in [0.2, 0.25) is 0 Å². The van der Waals surface area contributed by atoms with Crippen LogP contribution in [0.25, 0.3) is 0 Å². The minimum atomic E-state index is -3.22. The molecule has 0 saturated carbocycles. The third kappa shape index (κ3) is 3.71. The molecule has 7 heteroatoms. The number of rotatable bonds is 5. The molecule has 0 unspecified atom stereocenters. The highest BCUT2D eigenvalue weighted by Crippen LogP contribution is 2.22. The fraction of sp³-hybridized carbons (Fsp3) is 0.308. The van der Waals surface area contributed by atoms with E-state index in [-0.39, 0.29) is 4.90 Å². The van der Waals surface area contributed by atoms with Gasteiger partial charge in [0, 0.05) is 24.6 Å². The Hall–Kier alpha value is -1.60. The Kier molecular flexibility index (Phi) is 4.29. The van der Waals surface area contributed by atoms with Gasteiger partial charge in [-0.2, -0.15) is 0 Å². The molecule has 1 heterocycles. The lowest BCUT2D eigenvalue weighted by atomic mass is 10.2. The molecule has 0 atom stereocenters. The van der Waals surface area contributed by atoms with E-state index in [1.807, 2.05) is 12.3 Å². The topological polar surface area (TPSA) is 85.1 Å². The molecule has 0 fully saturated rings. The Morgan fingerprint density at radius 3 is 2.70 bits per heavy atom. The molecule has 0 radical (unpaired) electrons. The lowest BCUT2D eigenvalue weighted by molar-refractivity contribution is 0.602. The molecule has 0 aliphatic rings. The van der Waals surface area contributed by atoms with Crippen LogP contribution in [0.1, 0.15) is 10.7 Å². The van der Waals surface area contributed by atoms with Crippen LogP contribution in [0.2, 0.25) is 0 Å². The van der Waals surface area contributed by atoms with Gasteiger partial charge in [-0.15, -0.1) is 11.3 Å². The van der Waals surface area contributed by atoms with Gasteiger partial charge >= 0.3 is 0 Å². The van der Waals surface area contributed by atoms with Gasteiger partial charge in [0.25, 0.3) is 0 Å². The Bertz CT molecular complexity index is 708. The number of nitrogens with zero attached hydrogens (tertiary/aromatic N) is 1. The van der Waals surface area contributed by atoms with Gasteiger partial charge in [0.05, 0.1) is 27.0 Å². The van der Waals surface area contributed by atoms with Crippen LogP contribution in [0.4, 0.5) is 11.4 Å². The Morgan fingerprint density at radius 2 is 2.15 bits per heavy atom. The van der Waals surface area contributed by atoms with Gasteiger partial charge in [-0.25, -0.2) is 13.4 Å². The van der Waals surface area contributed by atoms with Crippen molar-refractivity contribution in [2.75, 3.05) is 23.9 Å². The number of sulfone groups is 1. The highest BCUT2D eigenvalue weighted by Gasteiger charge is 2.09. The minimum absolute atomic E-state index is 0.232. The Morgan fingerprint density at radius 1 is 1.40 bits per heavy atom. The highest BCUT2D eigenvalue weighted by molar-refractivity contribution is 7.90. The molecule has 2 rings (SSSR count). The number of hydrogen-bond acceptors (Lipinski definition) is 6. The molecule has 0 spiro atoms. The standard InChI is InChI=1S/C13H17N3O2S2/c1-9-16-10(8-19-9)5-6-15-13-4-3-11(7-12(13)14)20(2,17)18/h3-4,7-8,15H,5-6,14H2,1-2H3. The number of thiazole rings is 1. The number of aromatic nitrogens is 1. The number of benzene rings is 1. The van der Waals surface area contributed by atoms with Gasteiger partial charge in [-0.05, 0) is 25.1 Å². The molecule has 0 aliphatic heterocycles. The van der Waals surface area contributed by atoms with Gasteiger partial charge in [-0.3, -0.25) is 0 Å². The molecule has 0 amide bonds. The first-order chi connectivity index (χ1) is 9.36. The molecule has 5 nitrogen and oxygen atoms in total. The first-order valence-electron chi connectivity index (χ1n) is 6.11. The summed E-state index contributed by atoms with van der Waals surface area (Å²) in [5, 5.41) is 6.28. The van der Waals surface area contributed by atoms with Crippen molar-refractivity contribution >= 4 is 32.5 Å². The normalized spacial score (nSPS) is 11.5. The summed E-state index contributed by atoms with van der Waals surface area (Å²) in [6, 6.07) is 4.73. The van der Waals surface area contributed by atoms with Gasteiger partial charge in [0.15, 0.2) is 9.84 Å². The van der Waals surface area contributed by atoms with Gasteiger partial charge in [0.1, 0.15) is 0 Å². The smallest absolute Gasteiger partial charge is 0.175 e. The predicted molar refractivity (Wildman–Crippen MR) is 83.0 cm³/mol. The van der Waals surface area contributed by atoms with Gasteiger partial charge < -0.3 is 11.1 Å². The van der Waals surface area contributed by atoms with Crippen molar-refractivity contribution in [1.29, 1.82) is 0 Å². The molecular formula is C13H17N3O2S2. The van der Waals surface area contributed by atoms with Crippen molar-refractivity contribution in [2.24, 2.45) is 0 Å². The summed E-state index contributed by atoms with van der Waals surface area (Å²) in [5.74, 6) is 0. The predicted octanol–water partition coefficient (Wildman–Crippen LogP) is 2.09. The molecule has 2 aromatic rings. The summed E-state index contributed by atoms with van der Waals surface area (Å²) in [4.78, 5) is 4.61. The number of aryl methyl sites for hydroxylation is 1. The van der Waals surface area contributed by atoms with Crippen LogP contribution in [0.5, 0.6) is 0 Å². The molecule has 20 heavy (non-hydrogen) atoms. The zero-order valence-electron chi connectivity index (χ0n) is 11.4. The van der Waals surface area contributed by atoms with Crippen molar-refractivity contribution in [3.05, 3.63) is 34.3 Å². The van der Waals surface area contributed by atoms with Crippen LogP contribution in [0, 0.1) is 6.92 Å².